The minimum absolute atomic E-state index is 0.254. The minimum atomic E-state index is -0.254. The maximum atomic E-state index is 5.21. The Hall–Kier alpha value is -1.09. The van der Waals surface area contributed by atoms with Gasteiger partial charge < -0.3 is 9.84 Å². The van der Waals surface area contributed by atoms with Crippen LogP contribution in [0.2, 0.25) is 0 Å². The summed E-state index contributed by atoms with van der Waals surface area (Å²) in [7, 11) is 1.90. The van der Waals surface area contributed by atoms with Gasteiger partial charge in [0.25, 0.3) is 0 Å². The third-order valence-electron chi connectivity index (χ3n) is 2.16. The first-order chi connectivity index (χ1) is 6.12. The van der Waals surface area contributed by atoms with Gasteiger partial charge in [0.15, 0.2) is 5.76 Å². The summed E-state index contributed by atoms with van der Waals surface area (Å²) < 4.78 is 5.21. The highest BCUT2D eigenvalue weighted by molar-refractivity contribution is 5.20. The van der Waals surface area contributed by atoms with Crippen LogP contribution in [0.1, 0.15) is 25.3 Å². The average Bonchev–Trinajstić information content (AvgIpc) is 2.52. The van der Waals surface area contributed by atoms with Crippen molar-refractivity contribution in [3.8, 4) is 0 Å². The monoisotopic (exact) mass is 180 g/mol. The predicted molar refractivity (Wildman–Crippen MR) is 52.5 cm³/mol. The molecule has 0 radical (unpaired) electrons. The predicted octanol–water partition coefficient (Wildman–Crippen LogP) is 1.99. The molecule has 0 aliphatic carbocycles. The second kappa shape index (κ2) is 3.75. The van der Waals surface area contributed by atoms with E-state index in [1.54, 1.807) is 0 Å². The molecule has 0 aromatic carbocycles. The summed E-state index contributed by atoms with van der Waals surface area (Å²) in [5.74, 6) is 0.839. The number of nitrogens with zero attached hydrogens (tertiary/aromatic N) is 1. The molecule has 3 heteroatoms. The van der Waals surface area contributed by atoms with Crippen LogP contribution in [0.15, 0.2) is 22.7 Å². The quantitative estimate of drug-likeness (QED) is 0.723. The number of hydrogen-bond acceptors (Lipinski definition) is 3. The molecule has 0 aliphatic rings. The fraction of sp³-hybridized carbons (Fsp3) is 0.500. The van der Waals surface area contributed by atoms with Crippen LogP contribution >= 0.6 is 0 Å². The summed E-state index contributed by atoms with van der Waals surface area (Å²) in [5.41, 5.74) is 0.650. The lowest BCUT2D eigenvalue weighted by atomic mass is 9.98. The first-order valence-corrected chi connectivity index (χ1v) is 4.39. The molecule has 1 aromatic heterocycles. The van der Waals surface area contributed by atoms with Crippen molar-refractivity contribution in [2.75, 3.05) is 7.05 Å². The maximum absolute atomic E-state index is 5.21. The molecule has 0 saturated heterocycles. The molecular formula is C10H16N2O. The van der Waals surface area contributed by atoms with Gasteiger partial charge in [0.2, 0.25) is 0 Å². The molecule has 1 rings (SSSR count). The van der Waals surface area contributed by atoms with E-state index < -0.39 is 0 Å². The molecule has 0 saturated carbocycles. The lowest BCUT2D eigenvalue weighted by Crippen LogP contribution is -2.34. The Bertz CT molecular complexity index is 304. The summed E-state index contributed by atoms with van der Waals surface area (Å²) in [6.45, 7) is 5.95. The normalized spacial score (nSPS) is 16.3. The van der Waals surface area contributed by atoms with Gasteiger partial charge >= 0.3 is 0 Å². The Kier molecular flexibility index (Phi) is 2.88. The fourth-order valence-electron chi connectivity index (χ4n) is 1.23. The highest BCUT2D eigenvalue weighted by Crippen LogP contribution is 2.22. The first kappa shape index (κ1) is 9.99. The Morgan fingerprint density at radius 1 is 1.62 bits per heavy atom. The fourth-order valence-corrected chi connectivity index (χ4v) is 1.23. The van der Waals surface area contributed by atoms with Crippen molar-refractivity contribution in [3.05, 3.63) is 29.7 Å². The van der Waals surface area contributed by atoms with Crippen molar-refractivity contribution in [2.24, 2.45) is 0 Å². The largest absolute Gasteiger partial charge is 0.359 e. The molecule has 3 nitrogen and oxygen atoms in total. The molecule has 0 spiro atoms. The van der Waals surface area contributed by atoms with Crippen molar-refractivity contribution in [1.29, 1.82) is 0 Å². The molecule has 0 aliphatic heterocycles. The number of allylic oxidation sites excluding steroid dienone is 1. The van der Waals surface area contributed by atoms with E-state index in [-0.39, 0.29) is 5.54 Å². The van der Waals surface area contributed by atoms with E-state index in [1.165, 1.54) is 0 Å². The molecule has 72 valence electrons. The minimum Gasteiger partial charge on any atom is -0.359 e. The standard InChI is InChI=1S/C10H16N2O/c1-5-6-10(3,11-4)9-7-8(2)12-13-9/h5-7,11H,1-4H3/b6-5+. The summed E-state index contributed by atoms with van der Waals surface area (Å²) >= 11 is 0. The third kappa shape index (κ3) is 1.98. The van der Waals surface area contributed by atoms with Gasteiger partial charge in [0.1, 0.15) is 0 Å². The number of aryl methyl sites for hydroxylation is 1. The number of aromatic nitrogens is 1. The summed E-state index contributed by atoms with van der Waals surface area (Å²) in [5, 5.41) is 7.05. The van der Waals surface area contributed by atoms with Crippen LogP contribution in [0.4, 0.5) is 0 Å². The van der Waals surface area contributed by atoms with E-state index in [9.17, 15) is 0 Å². The van der Waals surface area contributed by atoms with Gasteiger partial charge in [-0.05, 0) is 27.8 Å². The van der Waals surface area contributed by atoms with Crippen molar-refractivity contribution in [3.63, 3.8) is 0 Å². The summed E-state index contributed by atoms with van der Waals surface area (Å²) in [6, 6.07) is 1.94. The van der Waals surface area contributed by atoms with E-state index in [0.29, 0.717) is 0 Å². The van der Waals surface area contributed by atoms with Crippen LogP contribution in [-0.4, -0.2) is 12.2 Å². The van der Waals surface area contributed by atoms with Crippen molar-refractivity contribution < 1.29 is 4.52 Å². The molecule has 1 N–H and O–H groups in total. The van der Waals surface area contributed by atoms with Gasteiger partial charge in [-0.1, -0.05) is 17.3 Å². The Morgan fingerprint density at radius 3 is 2.69 bits per heavy atom. The molecule has 1 atom stereocenters. The Morgan fingerprint density at radius 2 is 2.31 bits per heavy atom. The molecule has 0 bridgehead atoms. The van der Waals surface area contributed by atoms with E-state index in [0.717, 1.165) is 11.5 Å². The smallest absolute Gasteiger partial charge is 0.160 e. The number of likely N-dealkylation sites (N-methyl/N-ethyl adjacent to an activating group) is 1. The van der Waals surface area contributed by atoms with Gasteiger partial charge in [-0.15, -0.1) is 0 Å². The van der Waals surface area contributed by atoms with Crippen molar-refractivity contribution in [2.45, 2.75) is 26.3 Å². The lowest BCUT2D eigenvalue weighted by molar-refractivity contribution is 0.311. The molecule has 0 fully saturated rings. The summed E-state index contributed by atoms with van der Waals surface area (Å²) in [4.78, 5) is 0. The topological polar surface area (TPSA) is 38.1 Å². The lowest BCUT2D eigenvalue weighted by Gasteiger charge is -2.21. The highest BCUT2D eigenvalue weighted by atomic mass is 16.5. The van der Waals surface area contributed by atoms with Crippen LogP contribution < -0.4 is 5.32 Å². The van der Waals surface area contributed by atoms with Crippen LogP contribution in [0.3, 0.4) is 0 Å². The number of rotatable bonds is 3. The zero-order valence-corrected chi connectivity index (χ0v) is 8.59. The first-order valence-electron chi connectivity index (χ1n) is 4.39. The second-order valence-corrected chi connectivity index (χ2v) is 3.28. The Labute approximate surface area is 78.8 Å². The molecule has 13 heavy (non-hydrogen) atoms. The molecule has 1 aromatic rings. The van der Waals surface area contributed by atoms with Crippen molar-refractivity contribution >= 4 is 0 Å². The van der Waals surface area contributed by atoms with E-state index >= 15 is 0 Å². The Balaban J connectivity index is 3.02. The average molecular weight is 180 g/mol. The van der Waals surface area contributed by atoms with E-state index in [1.807, 2.05) is 46.0 Å². The van der Waals surface area contributed by atoms with Gasteiger partial charge in [0, 0.05) is 6.07 Å². The van der Waals surface area contributed by atoms with Crippen LogP contribution in [0, 0.1) is 6.92 Å². The SMILES string of the molecule is C/C=C/C(C)(NC)c1cc(C)no1. The zero-order chi connectivity index (χ0) is 9.90. The van der Waals surface area contributed by atoms with Gasteiger partial charge in [-0.2, -0.15) is 0 Å². The maximum Gasteiger partial charge on any atom is 0.160 e. The van der Waals surface area contributed by atoms with Crippen molar-refractivity contribution in [1.82, 2.24) is 10.5 Å². The highest BCUT2D eigenvalue weighted by Gasteiger charge is 2.25. The van der Waals surface area contributed by atoms with Crippen LogP contribution in [-0.2, 0) is 5.54 Å². The van der Waals surface area contributed by atoms with Crippen LogP contribution in [0.5, 0.6) is 0 Å². The third-order valence-corrected chi connectivity index (χ3v) is 2.16. The van der Waals surface area contributed by atoms with Crippen LogP contribution in [0.25, 0.3) is 0 Å². The molecule has 0 amide bonds. The summed E-state index contributed by atoms with van der Waals surface area (Å²) in [6.07, 6.45) is 4.04. The molecule has 1 unspecified atom stereocenters. The van der Waals surface area contributed by atoms with Gasteiger partial charge in [-0.3, -0.25) is 0 Å². The number of nitrogens with one attached hydrogen (secondary N) is 1. The van der Waals surface area contributed by atoms with E-state index in [4.69, 9.17) is 4.52 Å². The van der Waals surface area contributed by atoms with E-state index in [2.05, 4.69) is 10.5 Å². The zero-order valence-electron chi connectivity index (χ0n) is 8.59. The van der Waals surface area contributed by atoms with Gasteiger partial charge in [0.05, 0.1) is 11.2 Å². The van der Waals surface area contributed by atoms with Gasteiger partial charge in [-0.25, -0.2) is 0 Å². The number of hydrogen-bond donors (Lipinski definition) is 1. The second-order valence-electron chi connectivity index (χ2n) is 3.28. The molecular weight excluding hydrogens is 164 g/mol. The molecule has 1 heterocycles.